The van der Waals surface area contributed by atoms with Crippen molar-refractivity contribution >= 4 is 16.6 Å². The molecule has 3 heterocycles. The first-order chi connectivity index (χ1) is 19.4. The Bertz CT molecular complexity index is 1710. The number of piperazine rings is 1. The topological polar surface area (TPSA) is 82.9 Å². The molecule has 1 aliphatic heterocycles. The zero-order chi connectivity index (χ0) is 27.8. The van der Waals surface area contributed by atoms with E-state index in [0.717, 1.165) is 33.3 Å². The van der Waals surface area contributed by atoms with Crippen molar-refractivity contribution in [2.45, 2.75) is 26.4 Å². The standard InChI is InChI=1S/C30H29F2N7O/c1-19-15-20(2)25-17-26(30(40)33-27(25)16-19)28(29-34-35-36-39(29)18-21-3-5-22(31)6-4-21)38-13-11-37(12-14-38)24-9-7-23(32)8-10-24/h3-10,15-17,28H,11-14,18H2,1-2H3,(H,33,40)/t28-/m1/s1. The molecule has 1 atom stereocenters. The maximum absolute atomic E-state index is 13.6. The van der Waals surface area contributed by atoms with Gasteiger partial charge in [-0.25, -0.2) is 13.5 Å². The van der Waals surface area contributed by atoms with Gasteiger partial charge in [0.1, 0.15) is 17.7 Å². The highest BCUT2D eigenvalue weighted by atomic mass is 19.1. The number of nitrogens with zero attached hydrogens (tertiary/aromatic N) is 6. The van der Waals surface area contributed by atoms with Crippen LogP contribution in [0.15, 0.2) is 71.5 Å². The molecule has 0 amide bonds. The fourth-order valence-electron chi connectivity index (χ4n) is 5.56. The third-order valence-electron chi connectivity index (χ3n) is 7.56. The van der Waals surface area contributed by atoms with Gasteiger partial charge in [0, 0.05) is 48.3 Å². The van der Waals surface area contributed by atoms with E-state index in [1.807, 2.05) is 26.0 Å². The zero-order valence-electron chi connectivity index (χ0n) is 22.3. The van der Waals surface area contributed by atoms with Gasteiger partial charge in [0.2, 0.25) is 0 Å². The van der Waals surface area contributed by atoms with Gasteiger partial charge in [-0.2, -0.15) is 0 Å². The molecule has 1 N–H and O–H groups in total. The van der Waals surface area contributed by atoms with Gasteiger partial charge in [0.05, 0.1) is 6.54 Å². The number of benzene rings is 3. The maximum atomic E-state index is 13.6. The van der Waals surface area contributed by atoms with Crippen LogP contribution in [0, 0.1) is 25.5 Å². The molecule has 6 rings (SSSR count). The van der Waals surface area contributed by atoms with Crippen LogP contribution in [0.25, 0.3) is 10.9 Å². The zero-order valence-corrected chi connectivity index (χ0v) is 22.3. The quantitative estimate of drug-likeness (QED) is 0.344. The number of pyridine rings is 1. The third-order valence-corrected chi connectivity index (χ3v) is 7.56. The molecular formula is C30H29F2N7O. The van der Waals surface area contributed by atoms with Crippen LogP contribution in [0.5, 0.6) is 0 Å². The second kappa shape index (κ2) is 10.6. The van der Waals surface area contributed by atoms with E-state index in [9.17, 15) is 13.6 Å². The second-order valence-electron chi connectivity index (χ2n) is 10.3. The van der Waals surface area contributed by atoms with Gasteiger partial charge in [0.15, 0.2) is 5.82 Å². The fraction of sp³-hybridized carbons (Fsp3) is 0.267. The van der Waals surface area contributed by atoms with E-state index in [4.69, 9.17) is 0 Å². The summed E-state index contributed by atoms with van der Waals surface area (Å²) in [6, 6.07) is 18.2. The van der Waals surface area contributed by atoms with Crippen molar-refractivity contribution in [2.75, 3.05) is 31.1 Å². The lowest BCUT2D eigenvalue weighted by molar-refractivity contribution is 0.200. The van der Waals surface area contributed by atoms with E-state index in [1.54, 1.807) is 28.9 Å². The van der Waals surface area contributed by atoms with Gasteiger partial charge >= 0.3 is 0 Å². The molecule has 204 valence electrons. The van der Waals surface area contributed by atoms with Crippen molar-refractivity contribution in [3.05, 3.63) is 117 Å². The van der Waals surface area contributed by atoms with Crippen LogP contribution in [0.1, 0.15) is 34.1 Å². The van der Waals surface area contributed by atoms with E-state index >= 15 is 0 Å². The molecule has 1 saturated heterocycles. The molecule has 1 aliphatic rings. The van der Waals surface area contributed by atoms with Gasteiger partial charge < -0.3 is 9.88 Å². The number of hydrogen-bond donors (Lipinski definition) is 1. The third kappa shape index (κ3) is 5.10. The Morgan fingerprint density at radius 3 is 2.27 bits per heavy atom. The smallest absolute Gasteiger partial charge is 0.253 e. The van der Waals surface area contributed by atoms with Crippen molar-refractivity contribution in [1.82, 2.24) is 30.1 Å². The number of anilines is 1. The summed E-state index contributed by atoms with van der Waals surface area (Å²) < 4.78 is 28.7. The van der Waals surface area contributed by atoms with Gasteiger partial charge in [-0.3, -0.25) is 9.69 Å². The number of fused-ring (bicyclic) bond motifs is 1. The number of halogens is 2. The first-order valence-electron chi connectivity index (χ1n) is 13.2. The number of tetrazole rings is 1. The molecule has 0 aliphatic carbocycles. The molecule has 5 aromatic rings. The molecule has 3 aromatic carbocycles. The van der Waals surface area contributed by atoms with Crippen LogP contribution in [-0.2, 0) is 6.54 Å². The summed E-state index contributed by atoms with van der Waals surface area (Å²) >= 11 is 0. The Balaban J connectivity index is 1.39. The molecular weight excluding hydrogens is 512 g/mol. The molecule has 8 nitrogen and oxygen atoms in total. The summed E-state index contributed by atoms with van der Waals surface area (Å²) in [7, 11) is 0. The number of nitrogens with one attached hydrogen (secondary N) is 1. The lowest BCUT2D eigenvalue weighted by Gasteiger charge is -2.39. The summed E-state index contributed by atoms with van der Waals surface area (Å²) in [5.74, 6) is -0.0449. The Morgan fingerprint density at radius 2 is 1.57 bits per heavy atom. The molecule has 10 heteroatoms. The molecule has 0 spiro atoms. The Labute approximate surface area is 229 Å². The molecule has 0 saturated carbocycles. The lowest BCUT2D eigenvalue weighted by atomic mass is 9.99. The predicted octanol–water partition coefficient (Wildman–Crippen LogP) is 4.37. The summed E-state index contributed by atoms with van der Waals surface area (Å²) in [4.78, 5) is 21.1. The van der Waals surface area contributed by atoms with Gasteiger partial charge in [0.25, 0.3) is 5.56 Å². The van der Waals surface area contributed by atoms with Gasteiger partial charge in [-0.05, 0) is 89.5 Å². The maximum Gasteiger partial charge on any atom is 0.253 e. The van der Waals surface area contributed by atoms with Gasteiger partial charge in [-0.15, -0.1) is 5.10 Å². The number of aromatic nitrogens is 5. The minimum atomic E-state index is -0.514. The van der Waals surface area contributed by atoms with Crippen molar-refractivity contribution in [2.24, 2.45) is 0 Å². The van der Waals surface area contributed by atoms with E-state index in [1.165, 1.54) is 24.3 Å². The van der Waals surface area contributed by atoms with E-state index in [0.29, 0.717) is 44.1 Å². The first kappa shape index (κ1) is 25.8. The van der Waals surface area contributed by atoms with Crippen molar-refractivity contribution < 1.29 is 8.78 Å². The average molecular weight is 542 g/mol. The molecule has 0 bridgehead atoms. The van der Waals surface area contributed by atoms with E-state index < -0.39 is 6.04 Å². The van der Waals surface area contributed by atoms with Gasteiger partial charge in [-0.1, -0.05) is 18.2 Å². The van der Waals surface area contributed by atoms with Crippen LogP contribution < -0.4 is 10.5 Å². The second-order valence-corrected chi connectivity index (χ2v) is 10.3. The molecule has 40 heavy (non-hydrogen) atoms. The normalized spacial score (nSPS) is 15.1. The minimum Gasteiger partial charge on any atom is -0.369 e. The summed E-state index contributed by atoms with van der Waals surface area (Å²) in [5, 5.41) is 13.6. The summed E-state index contributed by atoms with van der Waals surface area (Å²) in [6.07, 6.45) is 0. The van der Waals surface area contributed by atoms with Crippen LogP contribution in [0.3, 0.4) is 0 Å². The van der Waals surface area contributed by atoms with E-state index in [2.05, 4.69) is 36.4 Å². The van der Waals surface area contributed by atoms with Crippen molar-refractivity contribution in [3.8, 4) is 0 Å². The molecule has 0 radical (unpaired) electrons. The predicted molar refractivity (Wildman–Crippen MR) is 149 cm³/mol. The Hall–Kier alpha value is -4.44. The average Bonchev–Trinajstić information content (AvgIpc) is 3.39. The SMILES string of the molecule is Cc1cc(C)c2cc([C@H](c3nnnn3Cc3ccc(F)cc3)N3CCN(c4ccc(F)cc4)CC3)c(=O)[nH]c2c1. The van der Waals surface area contributed by atoms with Crippen LogP contribution in [0.4, 0.5) is 14.5 Å². The fourth-order valence-corrected chi connectivity index (χ4v) is 5.56. The number of H-pyrrole nitrogens is 1. The highest BCUT2D eigenvalue weighted by Crippen LogP contribution is 2.30. The number of hydrogen-bond acceptors (Lipinski definition) is 6. The highest BCUT2D eigenvalue weighted by Gasteiger charge is 2.33. The van der Waals surface area contributed by atoms with Crippen molar-refractivity contribution in [3.63, 3.8) is 0 Å². The molecule has 2 aromatic heterocycles. The van der Waals surface area contributed by atoms with Crippen LogP contribution in [-0.4, -0.2) is 56.3 Å². The number of rotatable bonds is 6. The van der Waals surface area contributed by atoms with Crippen molar-refractivity contribution in [1.29, 1.82) is 0 Å². The minimum absolute atomic E-state index is 0.195. The lowest BCUT2D eigenvalue weighted by Crippen LogP contribution is -2.49. The van der Waals surface area contributed by atoms with E-state index in [-0.39, 0.29) is 17.2 Å². The monoisotopic (exact) mass is 541 g/mol. The Kier molecular flexibility index (Phi) is 6.85. The Morgan fingerprint density at radius 1 is 0.900 bits per heavy atom. The molecule has 1 fully saturated rings. The largest absolute Gasteiger partial charge is 0.369 e. The van der Waals surface area contributed by atoms with Crippen LogP contribution in [0.2, 0.25) is 0 Å². The first-order valence-corrected chi connectivity index (χ1v) is 13.2. The highest BCUT2D eigenvalue weighted by molar-refractivity contribution is 5.83. The summed E-state index contributed by atoms with van der Waals surface area (Å²) in [6.45, 7) is 7.01. The summed E-state index contributed by atoms with van der Waals surface area (Å²) in [5.41, 5.74) is 5.09. The molecule has 0 unspecified atom stereocenters. The number of aromatic amines is 1. The van der Waals surface area contributed by atoms with Crippen LogP contribution >= 0.6 is 0 Å². The number of aryl methyl sites for hydroxylation is 2.